The Labute approximate surface area is 149 Å². The molecule has 25 heavy (non-hydrogen) atoms. The summed E-state index contributed by atoms with van der Waals surface area (Å²) >= 11 is 1.84. The molecular weight excluding hydrogens is 338 g/mol. The van der Waals surface area contributed by atoms with E-state index in [2.05, 4.69) is 15.5 Å². The van der Waals surface area contributed by atoms with Crippen molar-refractivity contribution in [3.63, 3.8) is 0 Å². The van der Waals surface area contributed by atoms with Crippen molar-refractivity contribution in [3.8, 4) is 5.69 Å². The van der Waals surface area contributed by atoms with Gasteiger partial charge in [-0.3, -0.25) is 4.79 Å². The third-order valence-corrected chi connectivity index (χ3v) is 5.48. The van der Waals surface area contributed by atoms with Crippen LogP contribution in [0.3, 0.4) is 0 Å². The number of hydrogen-bond acceptors (Lipinski definition) is 6. The SMILES string of the molecule is O=C(c1cccc(-n2cnnn2)c1)N1CCS[C@H](c2ccco2)CC1. The summed E-state index contributed by atoms with van der Waals surface area (Å²) < 4.78 is 7.06. The van der Waals surface area contributed by atoms with Gasteiger partial charge in [0.1, 0.15) is 12.1 Å². The fraction of sp³-hybridized carbons (Fsp3) is 0.294. The van der Waals surface area contributed by atoms with E-state index in [-0.39, 0.29) is 5.91 Å². The van der Waals surface area contributed by atoms with Gasteiger partial charge in [0, 0.05) is 24.4 Å². The fourth-order valence-electron chi connectivity index (χ4n) is 2.92. The van der Waals surface area contributed by atoms with E-state index in [0.29, 0.717) is 17.4 Å². The molecule has 2 aromatic heterocycles. The van der Waals surface area contributed by atoms with Crippen LogP contribution in [0, 0.1) is 0 Å². The number of benzene rings is 1. The van der Waals surface area contributed by atoms with Crippen molar-refractivity contribution in [3.05, 3.63) is 60.3 Å². The lowest BCUT2D eigenvalue weighted by Crippen LogP contribution is -2.33. The van der Waals surface area contributed by atoms with Gasteiger partial charge >= 0.3 is 0 Å². The molecule has 0 bridgehead atoms. The summed E-state index contributed by atoms with van der Waals surface area (Å²) in [4.78, 5) is 14.8. The molecule has 1 aliphatic heterocycles. The van der Waals surface area contributed by atoms with Crippen molar-refractivity contribution in [2.45, 2.75) is 11.7 Å². The van der Waals surface area contributed by atoms with E-state index in [1.54, 1.807) is 10.9 Å². The predicted molar refractivity (Wildman–Crippen MR) is 93.6 cm³/mol. The highest BCUT2D eigenvalue weighted by molar-refractivity contribution is 7.99. The zero-order valence-electron chi connectivity index (χ0n) is 13.5. The second kappa shape index (κ2) is 7.10. The lowest BCUT2D eigenvalue weighted by atomic mass is 10.1. The third-order valence-electron chi connectivity index (χ3n) is 4.20. The highest BCUT2D eigenvalue weighted by Crippen LogP contribution is 2.34. The number of tetrazole rings is 1. The lowest BCUT2D eigenvalue weighted by molar-refractivity contribution is 0.0766. The zero-order chi connectivity index (χ0) is 17.1. The predicted octanol–water partition coefficient (Wildman–Crippen LogP) is 2.58. The normalized spacial score (nSPS) is 18.1. The summed E-state index contributed by atoms with van der Waals surface area (Å²) in [5, 5.41) is 11.4. The molecule has 0 unspecified atom stereocenters. The highest BCUT2D eigenvalue weighted by Gasteiger charge is 2.24. The molecule has 7 nitrogen and oxygen atoms in total. The van der Waals surface area contributed by atoms with Crippen molar-refractivity contribution >= 4 is 17.7 Å². The molecule has 0 aliphatic carbocycles. The van der Waals surface area contributed by atoms with Crippen LogP contribution in [0.25, 0.3) is 5.69 Å². The number of carbonyl (C=O) groups excluding carboxylic acids is 1. The van der Waals surface area contributed by atoms with E-state index >= 15 is 0 Å². The molecular formula is C17H17N5O2S. The molecule has 0 spiro atoms. The number of amides is 1. The molecule has 3 aromatic rings. The second-order valence-electron chi connectivity index (χ2n) is 5.76. The quantitative estimate of drug-likeness (QED) is 0.719. The maximum atomic E-state index is 12.9. The van der Waals surface area contributed by atoms with Crippen LogP contribution >= 0.6 is 11.8 Å². The smallest absolute Gasteiger partial charge is 0.253 e. The summed E-state index contributed by atoms with van der Waals surface area (Å²) in [7, 11) is 0. The van der Waals surface area contributed by atoms with Gasteiger partial charge in [0.25, 0.3) is 5.91 Å². The average Bonchev–Trinajstić information content (AvgIpc) is 3.32. The number of thioether (sulfide) groups is 1. The molecule has 1 amide bonds. The Morgan fingerprint density at radius 3 is 3.00 bits per heavy atom. The van der Waals surface area contributed by atoms with E-state index in [1.807, 2.05) is 53.1 Å². The standard InChI is InChI=1S/C17H17N5O2S/c23-17(13-3-1-4-14(11-13)22-12-18-19-20-22)21-7-6-16(25-10-8-21)15-5-2-9-24-15/h1-5,9,11-12,16H,6-8,10H2/t16-/m0/s1. The number of rotatable bonds is 3. The molecule has 0 saturated carbocycles. The molecule has 1 fully saturated rings. The average molecular weight is 355 g/mol. The molecule has 0 radical (unpaired) electrons. The number of hydrogen-bond donors (Lipinski definition) is 0. The summed E-state index contributed by atoms with van der Waals surface area (Å²) in [5.74, 6) is 1.92. The molecule has 8 heteroatoms. The van der Waals surface area contributed by atoms with Gasteiger partial charge < -0.3 is 9.32 Å². The van der Waals surface area contributed by atoms with Crippen molar-refractivity contribution < 1.29 is 9.21 Å². The number of carbonyl (C=O) groups is 1. The molecule has 1 aromatic carbocycles. The number of nitrogens with zero attached hydrogens (tertiary/aromatic N) is 5. The van der Waals surface area contributed by atoms with Gasteiger partial charge in [0.2, 0.25) is 0 Å². The van der Waals surface area contributed by atoms with Crippen molar-refractivity contribution in [1.29, 1.82) is 0 Å². The molecule has 4 rings (SSSR count). The van der Waals surface area contributed by atoms with Crippen LogP contribution in [0.2, 0.25) is 0 Å². The van der Waals surface area contributed by atoms with Gasteiger partial charge in [-0.05, 0) is 47.2 Å². The topological polar surface area (TPSA) is 77.1 Å². The van der Waals surface area contributed by atoms with Gasteiger partial charge in [-0.2, -0.15) is 0 Å². The largest absolute Gasteiger partial charge is 0.468 e. The molecule has 1 aliphatic rings. The second-order valence-corrected chi connectivity index (χ2v) is 7.07. The van der Waals surface area contributed by atoms with Crippen LogP contribution in [0.4, 0.5) is 0 Å². The minimum atomic E-state index is 0.0376. The van der Waals surface area contributed by atoms with Crippen LogP contribution in [0.15, 0.2) is 53.4 Å². The Morgan fingerprint density at radius 1 is 1.24 bits per heavy atom. The fourth-order valence-corrected chi connectivity index (χ4v) is 4.10. The first-order chi connectivity index (χ1) is 12.3. The molecule has 128 valence electrons. The Balaban J connectivity index is 1.48. The first-order valence-electron chi connectivity index (χ1n) is 8.09. The third kappa shape index (κ3) is 3.43. The van der Waals surface area contributed by atoms with Gasteiger partial charge in [-0.15, -0.1) is 16.9 Å². The van der Waals surface area contributed by atoms with Crippen LogP contribution in [-0.4, -0.2) is 49.9 Å². The van der Waals surface area contributed by atoms with E-state index in [1.165, 1.54) is 6.33 Å². The minimum Gasteiger partial charge on any atom is -0.468 e. The summed E-state index contributed by atoms with van der Waals surface area (Å²) in [6.07, 6.45) is 4.10. The lowest BCUT2D eigenvalue weighted by Gasteiger charge is -2.20. The Bertz CT molecular complexity index is 835. The van der Waals surface area contributed by atoms with Gasteiger partial charge in [0.05, 0.1) is 17.2 Å². The van der Waals surface area contributed by atoms with Gasteiger partial charge in [-0.25, -0.2) is 4.68 Å². The van der Waals surface area contributed by atoms with E-state index in [9.17, 15) is 4.79 Å². The van der Waals surface area contributed by atoms with E-state index in [0.717, 1.165) is 30.2 Å². The van der Waals surface area contributed by atoms with Gasteiger partial charge in [-0.1, -0.05) is 6.07 Å². The number of aromatic nitrogens is 4. The van der Waals surface area contributed by atoms with Crippen molar-refractivity contribution in [2.24, 2.45) is 0 Å². The molecule has 0 N–H and O–H groups in total. The maximum absolute atomic E-state index is 12.9. The van der Waals surface area contributed by atoms with Crippen LogP contribution in [-0.2, 0) is 0 Å². The highest BCUT2D eigenvalue weighted by atomic mass is 32.2. The summed E-state index contributed by atoms with van der Waals surface area (Å²) in [6, 6.07) is 11.3. The van der Waals surface area contributed by atoms with E-state index < -0.39 is 0 Å². The Morgan fingerprint density at radius 2 is 2.20 bits per heavy atom. The minimum absolute atomic E-state index is 0.0376. The molecule has 1 saturated heterocycles. The van der Waals surface area contributed by atoms with Crippen molar-refractivity contribution in [1.82, 2.24) is 25.1 Å². The van der Waals surface area contributed by atoms with Crippen LogP contribution < -0.4 is 0 Å². The summed E-state index contributed by atoms with van der Waals surface area (Å²) in [5.41, 5.74) is 1.42. The van der Waals surface area contributed by atoms with Crippen molar-refractivity contribution in [2.75, 3.05) is 18.8 Å². The van der Waals surface area contributed by atoms with Gasteiger partial charge in [0.15, 0.2) is 0 Å². The Hall–Kier alpha value is -2.61. The Kier molecular flexibility index (Phi) is 4.51. The number of furan rings is 1. The summed E-state index contributed by atoms with van der Waals surface area (Å²) in [6.45, 7) is 1.45. The van der Waals surface area contributed by atoms with Crippen LogP contribution in [0.5, 0.6) is 0 Å². The van der Waals surface area contributed by atoms with Crippen LogP contribution in [0.1, 0.15) is 27.8 Å². The maximum Gasteiger partial charge on any atom is 0.253 e. The first-order valence-corrected chi connectivity index (χ1v) is 9.14. The van der Waals surface area contributed by atoms with E-state index in [4.69, 9.17) is 4.42 Å². The molecule has 1 atom stereocenters. The first kappa shape index (κ1) is 15.9. The zero-order valence-corrected chi connectivity index (χ0v) is 14.3. The monoisotopic (exact) mass is 355 g/mol. The molecule has 3 heterocycles.